The topological polar surface area (TPSA) is 39.7 Å². The Morgan fingerprint density at radius 1 is 1.42 bits per heavy atom. The fourth-order valence-electron chi connectivity index (χ4n) is 2.13. The molecule has 0 radical (unpaired) electrons. The highest BCUT2D eigenvalue weighted by molar-refractivity contribution is 6.66. The number of hydrogen-bond donors (Lipinski definition) is 1. The summed E-state index contributed by atoms with van der Waals surface area (Å²) in [6, 6.07) is 3.75. The van der Waals surface area contributed by atoms with Gasteiger partial charge in [-0.15, -0.1) is 0 Å². The van der Waals surface area contributed by atoms with Crippen LogP contribution in [0.1, 0.15) is 13.8 Å². The smallest absolute Gasteiger partial charge is 0.534 e. The van der Waals surface area contributed by atoms with E-state index in [9.17, 15) is 0 Å². The Morgan fingerprint density at radius 3 is 2.89 bits per heavy atom. The SMILES string of the molecule is C=C1OB(c2ccc3c(c2Cl)NCCO3)OC1(C)C. The van der Waals surface area contributed by atoms with Gasteiger partial charge in [-0.25, -0.2) is 0 Å². The predicted molar refractivity (Wildman–Crippen MR) is 76.2 cm³/mol. The van der Waals surface area contributed by atoms with E-state index in [1.165, 1.54) is 0 Å². The minimum Gasteiger partial charge on any atom is -0.534 e. The van der Waals surface area contributed by atoms with Crippen molar-refractivity contribution in [2.24, 2.45) is 0 Å². The van der Waals surface area contributed by atoms with Gasteiger partial charge in [0.05, 0.1) is 16.5 Å². The number of benzene rings is 1. The average Bonchev–Trinajstić information content (AvgIpc) is 2.64. The highest BCUT2D eigenvalue weighted by Gasteiger charge is 2.44. The summed E-state index contributed by atoms with van der Waals surface area (Å²) in [4.78, 5) is 0. The van der Waals surface area contributed by atoms with Gasteiger partial charge in [0.25, 0.3) is 0 Å². The summed E-state index contributed by atoms with van der Waals surface area (Å²) in [7, 11) is -0.524. The van der Waals surface area contributed by atoms with Crippen LogP contribution >= 0.6 is 11.6 Å². The minimum absolute atomic E-state index is 0.506. The number of fused-ring (bicyclic) bond motifs is 1. The molecule has 2 heterocycles. The molecule has 1 aromatic carbocycles. The van der Waals surface area contributed by atoms with E-state index in [4.69, 9.17) is 25.6 Å². The van der Waals surface area contributed by atoms with Crippen molar-refractivity contribution in [2.45, 2.75) is 19.4 Å². The molecule has 4 nitrogen and oxygen atoms in total. The number of hydrogen-bond acceptors (Lipinski definition) is 4. The lowest BCUT2D eigenvalue weighted by Gasteiger charge is -2.22. The van der Waals surface area contributed by atoms with E-state index in [-0.39, 0.29) is 0 Å². The van der Waals surface area contributed by atoms with E-state index >= 15 is 0 Å². The van der Waals surface area contributed by atoms with Crippen LogP contribution in [0.25, 0.3) is 0 Å². The number of ether oxygens (including phenoxy) is 1. The van der Waals surface area contributed by atoms with Crippen LogP contribution < -0.4 is 15.5 Å². The molecule has 0 saturated carbocycles. The standard InChI is InChI=1S/C13H15BClNO3/c1-8-13(2,3)19-14(18-8)9-4-5-10-12(11(9)15)16-6-7-17-10/h4-5,16H,1,6-7H2,2-3H3. The van der Waals surface area contributed by atoms with Crippen LogP contribution in [0.2, 0.25) is 5.02 Å². The molecular weight excluding hydrogens is 264 g/mol. The molecule has 0 aliphatic carbocycles. The van der Waals surface area contributed by atoms with Crippen molar-refractivity contribution in [3.8, 4) is 5.75 Å². The summed E-state index contributed by atoms with van der Waals surface area (Å²) in [5, 5.41) is 3.81. The summed E-state index contributed by atoms with van der Waals surface area (Å²) < 4.78 is 17.0. The van der Waals surface area contributed by atoms with E-state index in [2.05, 4.69) is 11.9 Å². The first-order valence-corrected chi connectivity index (χ1v) is 6.60. The maximum atomic E-state index is 6.42. The number of rotatable bonds is 1. The zero-order chi connectivity index (χ0) is 13.6. The van der Waals surface area contributed by atoms with Crippen molar-refractivity contribution in [3.63, 3.8) is 0 Å². The molecule has 1 aromatic rings. The van der Waals surface area contributed by atoms with Gasteiger partial charge < -0.3 is 19.4 Å². The Labute approximate surface area is 117 Å². The predicted octanol–water partition coefficient (Wildman–Crippen LogP) is 2.18. The molecule has 1 fully saturated rings. The number of anilines is 1. The van der Waals surface area contributed by atoms with Crippen molar-refractivity contribution in [1.82, 2.24) is 0 Å². The van der Waals surface area contributed by atoms with Crippen molar-refractivity contribution in [1.29, 1.82) is 0 Å². The third-order valence-electron chi connectivity index (χ3n) is 3.37. The Morgan fingerprint density at radius 2 is 2.21 bits per heavy atom. The Hall–Kier alpha value is -1.33. The van der Waals surface area contributed by atoms with Crippen LogP contribution in [0.3, 0.4) is 0 Å². The molecule has 100 valence electrons. The Balaban J connectivity index is 1.96. The van der Waals surface area contributed by atoms with Crippen molar-refractivity contribution in [2.75, 3.05) is 18.5 Å². The highest BCUT2D eigenvalue weighted by Crippen LogP contribution is 2.36. The third-order valence-corrected chi connectivity index (χ3v) is 3.78. The molecular formula is C13H15BClNO3. The van der Waals surface area contributed by atoms with E-state index in [1.54, 1.807) is 0 Å². The average molecular weight is 280 g/mol. The molecule has 6 heteroatoms. The lowest BCUT2D eigenvalue weighted by Crippen LogP contribution is -2.36. The zero-order valence-corrected chi connectivity index (χ0v) is 11.7. The maximum Gasteiger partial charge on any atom is 0.564 e. The van der Waals surface area contributed by atoms with Crippen LogP contribution in [-0.4, -0.2) is 25.9 Å². The van der Waals surface area contributed by atoms with E-state index in [0.29, 0.717) is 17.4 Å². The third kappa shape index (κ3) is 2.07. The summed E-state index contributed by atoms with van der Waals surface area (Å²) in [6.45, 7) is 9.09. The fraction of sp³-hybridized carbons (Fsp3) is 0.385. The summed E-state index contributed by atoms with van der Waals surface area (Å²) >= 11 is 6.42. The molecule has 1 N–H and O–H groups in total. The van der Waals surface area contributed by atoms with Gasteiger partial charge in [0, 0.05) is 12.0 Å². The molecule has 0 spiro atoms. The molecule has 0 amide bonds. The van der Waals surface area contributed by atoms with Crippen LogP contribution in [0.15, 0.2) is 24.5 Å². The van der Waals surface area contributed by atoms with Gasteiger partial charge in [-0.1, -0.05) is 24.2 Å². The van der Waals surface area contributed by atoms with E-state index in [0.717, 1.165) is 23.4 Å². The lowest BCUT2D eigenvalue weighted by molar-refractivity contribution is 0.173. The molecule has 3 rings (SSSR count). The second kappa shape index (κ2) is 4.35. The highest BCUT2D eigenvalue weighted by atomic mass is 35.5. The molecule has 0 atom stereocenters. The summed E-state index contributed by atoms with van der Waals surface area (Å²) in [5.74, 6) is 1.37. The molecule has 0 unspecified atom stereocenters. The quantitative estimate of drug-likeness (QED) is 0.800. The second-order valence-electron chi connectivity index (χ2n) is 5.12. The second-order valence-corrected chi connectivity index (χ2v) is 5.50. The van der Waals surface area contributed by atoms with Crippen LogP contribution in [0, 0.1) is 0 Å². The van der Waals surface area contributed by atoms with Crippen molar-refractivity contribution < 1.29 is 14.0 Å². The van der Waals surface area contributed by atoms with Crippen molar-refractivity contribution >= 4 is 29.9 Å². The van der Waals surface area contributed by atoms with Gasteiger partial charge in [-0.05, 0) is 19.9 Å². The first kappa shape index (κ1) is 12.7. The maximum absolute atomic E-state index is 6.42. The molecule has 2 aliphatic rings. The van der Waals surface area contributed by atoms with Gasteiger partial charge >= 0.3 is 7.12 Å². The molecule has 1 saturated heterocycles. The van der Waals surface area contributed by atoms with Gasteiger partial charge in [0.15, 0.2) is 0 Å². The Bertz CT molecular complexity index is 547. The normalized spacial score (nSPS) is 20.4. The fourth-order valence-corrected chi connectivity index (χ4v) is 2.45. The molecule has 0 bridgehead atoms. The van der Waals surface area contributed by atoms with Gasteiger partial charge in [0.2, 0.25) is 0 Å². The monoisotopic (exact) mass is 279 g/mol. The first-order chi connectivity index (χ1) is 8.99. The number of halogens is 1. The van der Waals surface area contributed by atoms with Crippen LogP contribution in [0.4, 0.5) is 5.69 Å². The largest absolute Gasteiger partial charge is 0.564 e. The molecule has 19 heavy (non-hydrogen) atoms. The zero-order valence-electron chi connectivity index (χ0n) is 11.0. The van der Waals surface area contributed by atoms with Crippen LogP contribution in [0.5, 0.6) is 5.75 Å². The van der Waals surface area contributed by atoms with Crippen LogP contribution in [-0.2, 0) is 9.31 Å². The van der Waals surface area contributed by atoms with E-state index < -0.39 is 12.7 Å². The molecule has 0 aromatic heterocycles. The summed E-state index contributed by atoms with van der Waals surface area (Å²) in [6.07, 6.45) is 0. The molecule has 2 aliphatic heterocycles. The number of nitrogens with one attached hydrogen (secondary N) is 1. The first-order valence-electron chi connectivity index (χ1n) is 6.22. The Kier molecular flexibility index (Phi) is 2.91. The van der Waals surface area contributed by atoms with Gasteiger partial charge in [-0.2, -0.15) is 0 Å². The van der Waals surface area contributed by atoms with Crippen molar-refractivity contribution in [3.05, 3.63) is 29.5 Å². The minimum atomic E-state index is -0.524. The van der Waals surface area contributed by atoms with Gasteiger partial charge in [0.1, 0.15) is 18.0 Å². The lowest BCUT2D eigenvalue weighted by atomic mass is 9.78. The van der Waals surface area contributed by atoms with Gasteiger partial charge in [-0.3, -0.25) is 0 Å². The van der Waals surface area contributed by atoms with E-state index in [1.807, 2.05) is 26.0 Å². The summed E-state index contributed by atoms with van der Waals surface area (Å²) in [5.41, 5.74) is 1.08.